The minimum atomic E-state index is -0.0927. The quantitative estimate of drug-likeness (QED) is 0.733. The number of hydrogen-bond acceptors (Lipinski definition) is 6. The average molecular weight is 317 g/mol. The van der Waals surface area contributed by atoms with Gasteiger partial charge in [-0.05, 0) is 31.5 Å². The lowest BCUT2D eigenvalue weighted by Crippen LogP contribution is -2.08. The predicted octanol–water partition coefficient (Wildman–Crippen LogP) is 3.49. The molecule has 0 aliphatic carbocycles. The zero-order valence-electron chi connectivity index (χ0n) is 13.0. The zero-order chi connectivity index (χ0) is 16.1. The Morgan fingerprint density at radius 3 is 2.64 bits per heavy atom. The van der Waals surface area contributed by atoms with Gasteiger partial charge < -0.3 is 10.6 Å². The topological polar surface area (TPSA) is 78.9 Å². The highest BCUT2D eigenvalue weighted by Gasteiger charge is 2.09. The lowest BCUT2D eigenvalue weighted by molar-refractivity contribution is -0.114. The maximum atomic E-state index is 11.2. The van der Waals surface area contributed by atoms with Crippen molar-refractivity contribution in [2.24, 2.45) is 0 Å². The van der Waals surface area contributed by atoms with E-state index in [1.54, 1.807) is 6.20 Å². The highest BCUT2D eigenvalue weighted by Crippen LogP contribution is 2.27. The predicted molar refractivity (Wildman–Crippen MR) is 92.7 cm³/mol. The molecule has 0 saturated carbocycles. The maximum absolute atomic E-state index is 11.2. The molecule has 0 fully saturated rings. The Kier molecular flexibility index (Phi) is 5.21. The normalized spacial score (nSPS) is 10.2. The molecular weight excluding hydrogens is 298 g/mol. The van der Waals surface area contributed by atoms with Gasteiger partial charge in [-0.3, -0.25) is 9.52 Å². The summed E-state index contributed by atoms with van der Waals surface area (Å²) in [5.41, 5.74) is 3.57. The number of nitrogens with one attached hydrogen (secondary N) is 3. The summed E-state index contributed by atoms with van der Waals surface area (Å²) in [6.07, 6.45) is 3.68. The van der Waals surface area contributed by atoms with Crippen LogP contribution in [0.25, 0.3) is 0 Å². The highest BCUT2D eigenvalue weighted by molar-refractivity contribution is 7.99. The molecule has 0 aliphatic rings. The van der Waals surface area contributed by atoms with Gasteiger partial charge in [0.05, 0.1) is 0 Å². The molecule has 0 unspecified atom stereocenters. The van der Waals surface area contributed by atoms with E-state index in [-0.39, 0.29) is 5.91 Å². The van der Waals surface area contributed by atoms with Crippen molar-refractivity contribution in [3.05, 3.63) is 35.5 Å². The fourth-order valence-electron chi connectivity index (χ4n) is 1.93. The molecule has 1 heterocycles. The summed E-state index contributed by atoms with van der Waals surface area (Å²) in [5.74, 6) is 1.19. The molecule has 1 aromatic heterocycles. The number of rotatable bonds is 5. The second-order valence-corrected chi connectivity index (χ2v) is 5.43. The maximum Gasteiger partial charge on any atom is 0.234 e. The van der Waals surface area contributed by atoms with E-state index in [1.807, 2.05) is 38.3 Å². The van der Waals surface area contributed by atoms with E-state index >= 15 is 0 Å². The van der Waals surface area contributed by atoms with Gasteiger partial charge in [-0.25, -0.2) is 4.98 Å². The largest absolute Gasteiger partial charge is 0.340 e. The molecule has 0 aliphatic heterocycles. The van der Waals surface area contributed by atoms with Gasteiger partial charge in [-0.2, -0.15) is 4.98 Å². The lowest BCUT2D eigenvalue weighted by Gasteiger charge is -2.14. The first-order chi connectivity index (χ1) is 10.5. The Bertz CT molecular complexity index is 690. The minimum Gasteiger partial charge on any atom is -0.340 e. The van der Waals surface area contributed by atoms with Crippen LogP contribution in [0, 0.1) is 13.8 Å². The number of benzene rings is 1. The van der Waals surface area contributed by atoms with Gasteiger partial charge in [0.2, 0.25) is 11.9 Å². The van der Waals surface area contributed by atoms with Gasteiger partial charge in [-0.15, -0.1) is 0 Å². The van der Waals surface area contributed by atoms with Crippen LogP contribution in [0.4, 0.5) is 23.1 Å². The minimum absolute atomic E-state index is 0.0927. The molecule has 1 aromatic carbocycles. The van der Waals surface area contributed by atoms with Crippen molar-refractivity contribution in [1.82, 2.24) is 9.97 Å². The molecule has 0 bridgehead atoms. The Morgan fingerprint density at radius 1 is 1.23 bits per heavy atom. The van der Waals surface area contributed by atoms with Crippen LogP contribution < -0.4 is 15.4 Å². The molecule has 0 saturated heterocycles. The van der Waals surface area contributed by atoms with Gasteiger partial charge in [0.25, 0.3) is 0 Å². The van der Waals surface area contributed by atoms with Crippen molar-refractivity contribution < 1.29 is 4.79 Å². The van der Waals surface area contributed by atoms with E-state index in [2.05, 4.69) is 25.3 Å². The smallest absolute Gasteiger partial charge is 0.234 e. The van der Waals surface area contributed by atoms with Crippen LogP contribution in [0.2, 0.25) is 0 Å². The van der Waals surface area contributed by atoms with E-state index in [9.17, 15) is 4.79 Å². The third kappa shape index (κ3) is 3.88. The molecule has 1 amide bonds. The second-order valence-electron chi connectivity index (χ2n) is 4.82. The van der Waals surface area contributed by atoms with E-state index in [1.165, 1.54) is 18.9 Å². The monoisotopic (exact) mass is 317 g/mol. The Balaban J connectivity index is 2.31. The summed E-state index contributed by atoms with van der Waals surface area (Å²) in [7, 11) is 0. The summed E-state index contributed by atoms with van der Waals surface area (Å²) in [4.78, 5) is 19.9. The fraction of sp³-hybridized carbons (Fsp3) is 0.267. The van der Waals surface area contributed by atoms with Gasteiger partial charge in [0, 0.05) is 36.3 Å². The SMILES string of the molecule is CSNc1ncc(C)c(Nc2cccc(NC(C)=O)c2C)n1. The summed E-state index contributed by atoms with van der Waals surface area (Å²) in [6, 6.07) is 5.71. The third-order valence-corrected chi connectivity index (χ3v) is 3.45. The third-order valence-electron chi connectivity index (χ3n) is 3.06. The first-order valence-corrected chi connectivity index (χ1v) is 8.00. The van der Waals surface area contributed by atoms with Crippen molar-refractivity contribution >= 4 is 41.0 Å². The molecule has 3 N–H and O–H groups in total. The van der Waals surface area contributed by atoms with Crippen molar-refractivity contribution in [2.75, 3.05) is 21.6 Å². The highest BCUT2D eigenvalue weighted by atomic mass is 32.2. The number of aryl methyl sites for hydroxylation is 1. The molecule has 116 valence electrons. The molecule has 2 aromatic rings. The van der Waals surface area contributed by atoms with Crippen LogP contribution in [0.1, 0.15) is 18.1 Å². The first-order valence-electron chi connectivity index (χ1n) is 6.78. The van der Waals surface area contributed by atoms with Gasteiger partial charge in [0.15, 0.2) is 0 Å². The number of hydrogen-bond donors (Lipinski definition) is 3. The van der Waals surface area contributed by atoms with E-state index in [0.717, 1.165) is 28.3 Å². The van der Waals surface area contributed by atoms with Crippen LogP contribution in [0.5, 0.6) is 0 Å². The summed E-state index contributed by atoms with van der Waals surface area (Å²) < 4.78 is 3.01. The van der Waals surface area contributed by atoms with Gasteiger partial charge in [0.1, 0.15) is 5.82 Å². The van der Waals surface area contributed by atoms with E-state index in [4.69, 9.17) is 0 Å². The van der Waals surface area contributed by atoms with Gasteiger partial charge in [-0.1, -0.05) is 18.0 Å². The Hall–Kier alpha value is -2.28. The van der Waals surface area contributed by atoms with E-state index < -0.39 is 0 Å². The van der Waals surface area contributed by atoms with Crippen molar-refractivity contribution in [3.8, 4) is 0 Å². The number of carbonyl (C=O) groups excluding carboxylic acids is 1. The van der Waals surface area contributed by atoms with Crippen molar-refractivity contribution in [3.63, 3.8) is 0 Å². The number of amides is 1. The van der Waals surface area contributed by atoms with Crippen LogP contribution in [0.15, 0.2) is 24.4 Å². The average Bonchev–Trinajstić information content (AvgIpc) is 2.46. The second kappa shape index (κ2) is 7.13. The zero-order valence-corrected chi connectivity index (χ0v) is 13.8. The van der Waals surface area contributed by atoms with Crippen LogP contribution in [-0.4, -0.2) is 22.1 Å². The Labute approximate surface area is 134 Å². The number of carbonyl (C=O) groups is 1. The summed E-state index contributed by atoms with van der Waals surface area (Å²) in [5, 5.41) is 6.12. The molecule has 2 rings (SSSR count). The fourth-order valence-corrected chi connectivity index (χ4v) is 2.21. The molecule has 0 atom stereocenters. The molecule has 7 heteroatoms. The molecule has 22 heavy (non-hydrogen) atoms. The summed E-state index contributed by atoms with van der Waals surface area (Å²) >= 11 is 1.44. The Morgan fingerprint density at radius 2 is 1.95 bits per heavy atom. The lowest BCUT2D eigenvalue weighted by atomic mass is 10.1. The van der Waals surface area contributed by atoms with Crippen LogP contribution >= 0.6 is 11.9 Å². The number of anilines is 4. The van der Waals surface area contributed by atoms with Gasteiger partial charge >= 0.3 is 0 Å². The number of nitrogens with zero attached hydrogens (tertiary/aromatic N) is 2. The molecule has 0 spiro atoms. The standard InChI is InChI=1S/C15H19N5OS/c1-9-8-16-15(20-22-4)19-14(9)18-13-7-5-6-12(10(13)2)17-11(3)21/h5-8H,1-4H3,(H,17,21)(H2,16,18,19,20). The van der Waals surface area contributed by atoms with Crippen LogP contribution in [-0.2, 0) is 4.79 Å². The first kappa shape index (κ1) is 16.1. The summed E-state index contributed by atoms with van der Waals surface area (Å²) in [6.45, 7) is 5.39. The number of aromatic nitrogens is 2. The van der Waals surface area contributed by atoms with Crippen molar-refractivity contribution in [1.29, 1.82) is 0 Å². The van der Waals surface area contributed by atoms with E-state index in [0.29, 0.717) is 5.95 Å². The van der Waals surface area contributed by atoms with Crippen LogP contribution in [0.3, 0.4) is 0 Å². The molecule has 6 nitrogen and oxygen atoms in total. The van der Waals surface area contributed by atoms with Crippen molar-refractivity contribution in [2.45, 2.75) is 20.8 Å². The molecule has 0 radical (unpaired) electrons. The molecular formula is C15H19N5OS.